The first-order valence-corrected chi connectivity index (χ1v) is 8.75. The third-order valence-corrected chi connectivity index (χ3v) is 4.46. The molecule has 0 aliphatic carbocycles. The molecule has 2 aromatic carbocycles. The van der Waals surface area contributed by atoms with E-state index in [1.165, 1.54) is 4.57 Å². The number of carbonyl (C=O) groups excluding carboxylic acids is 1. The summed E-state index contributed by atoms with van der Waals surface area (Å²) in [5, 5.41) is 11.9. The molecular formula is C20H21N3O4. The van der Waals surface area contributed by atoms with Crippen molar-refractivity contribution in [1.29, 1.82) is 0 Å². The number of aryl methyl sites for hydroxylation is 1. The summed E-state index contributed by atoms with van der Waals surface area (Å²) < 4.78 is 3.02. The van der Waals surface area contributed by atoms with E-state index in [1.54, 1.807) is 34.9 Å². The van der Waals surface area contributed by atoms with Crippen LogP contribution in [-0.4, -0.2) is 26.1 Å². The van der Waals surface area contributed by atoms with Gasteiger partial charge in [-0.1, -0.05) is 42.5 Å². The number of nitrogens with one attached hydrogen (secondary N) is 1. The van der Waals surface area contributed by atoms with Gasteiger partial charge in [0.2, 0.25) is 5.91 Å². The van der Waals surface area contributed by atoms with Crippen LogP contribution in [0.15, 0.2) is 59.4 Å². The molecule has 1 aromatic heterocycles. The summed E-state index contributed by atoms with van der Waals surface area (Å²) in [4.78, 5) is 36.4. The fourth-order valence-corrected chi connectivity index (χ4v) is 3.23. The first-order chi connectivity index (χ1) is 13.0. The van der Waals surface area contributed by atoms with Gasteiger partial charge in [0.05, 0.1) is 23.5 Å². The van der Waals surface area contributed by atoms with Crippen molar-refractivity contribution >= 4 is 22.9 Å². The Balaban J connectivity index is 1.87. The largest absolute Gasteiger partial charge is 0.481 e. The van der Waals surface area contributed by atoms with Crippen LogP contribution in [0.25, 0.3) is 11.0 Å². The Morgan fingerprint density at radius 3 is 2.19 bits per heavy atom. The number of rotatable bonds is 7. The van der Waals surface area contributed by atoms with Gasteiger partial charge in [-0.3, -0.25) is 18.7 Å². The highest BCUT2D eigenvalue weighted by Gasteiger charge is 2.20. The normalized spacial score (nSPS) is 12.0. The number of imidazole rings is 1. The second kappa shape index (κ2) is 7.90. The van der Waals surface area contributed by atoms with Crippen LogP contribution in [0.5, 0.6) is 0 Å². The van der Waals surface area contributed by atoms with E-state index in [0.717, 1.165) is 5.52 Å². The maximum absolute atomic E-state index is 12.6. The number of benzene rings is 2. The highest BCUT2D eigenvalue weighted by atomic mass is 16.4. The van der Waals surface area contributed by atoms with E-state index in [2.05, 4.69) is 5.32 Å². The van der Waals surface area contributed by atoms with Crippen LogP contribution in [0.3, 0.4) is 0 Å². The van der Waals surface area contributed by atoms with Crippen LogP contribution in [0, 0.1) is 0 Å². The second-order valence-electron chi connectivity index (χ2n) is 6.23. The number of nitrogens with zero attached hydrogens (tertiary/aromatic N) is 2. The average Bonchev–Trinajstić information content (AvgIpc) is 2.93. The van der Waals surface area contributed by atoms with Crippen molar-refractivity contribution in [2.75, 3.05) is 0 Å². The standard InChI is InChI=1S/C20H21N3O4/c1-2-22-16-10-6-7-11-17(16)23(20(22)27)13-18(24)21-15(12-19(25)26)14-8-4-3-5-9-14/h3-11,15H,2,12-13H2,1H3,(H,21,24)(H,25,26). The van der Waals surface area contributed by atoms with E-state index in [-0.39, 0.29) is 18.7 Å². The van der Waals surface area contributed by atoms with Gasteiger partial charge in [0, 0.05) is 6.54 Å². The molecule has 1 heterocycles. The average molecular weight is 367 g/mol. The van der Waals surface area contributed by atoms with Crippen molar-refractivity contribution in [3.05, 3.63) is 70.6 Å². The number of aromatic nitrogens is 2. The third-order valence-electron chi connectivity index (χ3n) is 4.46. The maximum atomic E-state index is 12.6. The summed E-state index contributed by atoms with van der Waals surface area (Å²) in [6, 6.07) is 15.6. The molecule has 0 fully saturated rings. The number of hydrogen-bond acceptors (Lipinski definition) is 3. The summed E-state index contributed by atoms with van der Waals surface area (Å²) >= 11 is 0. The Bertz CT molecular complexity index is 1020. The predicted octanol–water partition coefficient (Wildman–Crippen LogP) is 2.16. The molecule has 0 saturated heterocycles. The molecular weight excluding hydrogens is 346 g/mol. The zero-order chi connectivity index (χ0) is 19.4. The van der Waals surface area contributed by atoms with Crippen molar-refractivity contribution in [2.24, 2.45) is 0 Å². The molecule has 7 heteroatoms. The topological polar surface area (TPSA) is 93.3 Å². The van der Waals surface area contributed by atoms with Crippen LogP contribution < -0.4 is 11.0 Å². The van der Waals surface area contributed by atoms with E-state index in [0.29, 0.717) is 17.6 Å². The number of carboxylic acid groups (broad SMARTS) is 1. The van der Waals surface area contributed by atoms with Crippen molar-refractivity contribution in [3.63, 3.8) is 0 Å². The molecule has 0 bridgehead atoms. The summed E-state index contributed by atoms with van der Waals surface area (Å²) in [6.45, 7) is 2.20. The summed E-state index contributed by atoms with van der Waals surface area (Å²) in [6.07, 6.45) is -0.235. The van der Waals surface area contributed by atoms with Crippen molar-refractivity contribution < 1.29 is 14.7 Å². The smallest absolute Gasteiger partial charge is 0.329 e. The lowest BCUT2D eigenvalue weighted by atomic mass is 10.0. The molecule has 0 spiro atoms. The van der Waals surface area contributed by atoms with Crippen molar-refractivity contribution in [2.45, 2.75) is 32.5 Å². The zero-order valence-electron chi connectivity index (χ0n) is 15.0. The molecule has 1 unspecified atom stereocenters. The summed E-state index contributed by atoms with van der Waals surface area (Å²) in [5.74, 6) is -1.42. The Hall–Kier alpha value is -3.35. The van der Waals surface area contributed by atoms with Gasteiger partial charge in [-0.05, 0) is 24.6 Å². The molecule has 1 atom stereocenters. The molecule has 0 saturated carbocycles. The van der Waals surface area contributed by atoms with E-state index in [4.69, 9.17) is 5.11 Å². The molecule has 3 rings (SSSR count). The number of aliphatic carboxylic acids is 1. The minimum atomic E-state index is -1.01. The molecule has 0 aliphatic heterocycles. The number of hydrogen-bond donors (Lipinski definition) is 2. The lowest BCUT2D eigenvalue weighted by Crippen LogP contribution is -2.36. The van der Waals surface area contributed by atoms with Gasteiger partial charge in [0.25, 0.3) is 0 Å². The molecule has 0 radical (unpaired) electrons. The number of carbonyl (C=O) groups is 2. The fraction of sp³-hybridized carbons (Fsp3) is 0.250. The van der Waals surface area contributed by atoms with E-state index in [1.807, 2.05) is 31.2 Å². The SMILES string of the molecule is CCn1c(=O)n(CC(=O)NC(CC(=O)O)c2ccccc2)c2ccccc21. The van der Waals surface area contributed by atoms with Gasteiger partial charge >= 0.3 is 11.7 Å². The first kappa shape index (κ1) is 18.4. The van der Waals surface area contributed by atoms with Crippen LogP contribution in [0.1, 0.15) is 24.9 Å². The molecule has 7 nitrogen and oxygen atoms in total. The Morgan fingerprint density at radius 1 is 1.00 bits per heavy atom. The van der Waals surface area contributed by atoms with E-state index in [9.17, 15) is 14.4 Å². The summed E-state index contributed by atoms with van der Waals surface area (Å²) in [5.41, 5.74) is 1.89. The third kappa shape index (κ3) is 3.92. The summed E-state index contributed by atoms with van der Waals surface area (Å²) in [7, 11) is 0. The van der Waals surface area contributed by atoms with Crippen LogP contribution in [0.2, 0.25) is 0 Å². The van der Waals surface area contributed by atoms with Gasteiger partial charge < -0.3 is 10.4 Å². The second-order valence-corrected chi connectivity index (χ2v) is 6.23. The van der Waals surface area contributed by atoms with Gasteiger partial charge in [-0.25, -0.2) is 4.79 Å². The van der Waals surface area contributed by atoms with Crippen LogP contribution >= 0.6 is 0 Å². The van der Waals surface area contributed by atoms with Gasteiger partial charge in [0.15, 0.2) is 0 Å². The molecule has 2 N–H and O–H groups in total. The van der Waals surface area contributed by atoms with Crippen LogP contribution in [-0.2, 0) is 22.7 Å². The van der Waals surface area contributed by atoms with Gasteiger partial charge in [0.1, 0.15) is 6.54 Å². The molecule has 140 valence electrons. The number of para-hydroxylation sites is 2. The predicted molar refractivity (Wildman–Crippen MR) is 101 cm³/mol. The highest BCUT2D eigenvalue weighted by molar-refractivity contribution is 5.81. The lowest BCUT2D eigenvalue weighted by Gasteiger charge is -2.17. The van der Waals surface area contributed by atoms with Crippen molar-refractivity contribution in [3.8, 4) is 0 Å². The molecule has 1 amide bonds. The number of carboxylic acids is 1. The van der Waals surface area contributed by atoms with Crippen LogP contribution in [0.4, 0.5) is 0 Å². The monoisotopic (exact) mass is 367 g/mol. The Kier molecular flexibility index (Phi) is 5.40. The first-order valence-electron chi connectivity index (χ1n) is 8.75. The molecule has 0 aliphatic rings. The number of fused-ring (bicyclic) bond motifs is 1. The van der Waals surface area contributed by atoms with E-state index < -0.39 is 17.9 Å². The molecule has 27 heavy (non-hydrogen) atoms. The highest BCUT2D eigenvalue weighted by Crippen LogP contribution is 2.17. The zero-order valence-corrected chi connectivity index (χ0v) is 15.0. The van der Waals surface area contributed by atoms with E-state index >= 15 is 0 Å². The lowest BCUT2D eigenvalue weighted by molar-refractivity contribution is -0.137. The fourth-order valence-electron chi connectivity index (χ4n) is 3.23. The minimum Gasteiger partial charge on any atom is -0.481 e. The van der Waals surface area contributed by atoms with Crippen molar-refractivity contribution in [1.82, 2.24) is 14.5 Å². The quantitative estimate of drug-likeness (QED) is 0.669. The minimum absolute atomic E-state index is 0.171. The molecule has 3 aromatic rings. The Labute approximate surface area is 155 Å². The Morgan fingerprint density at radius 2 is 1.59 bits per heavy atom. The van der Waals surface area contributed by atoms with Gasteiger partial charge in [-0.15, -0.1) is 0 Å². The van der Waals surface area contributed by atoms with Gasteiger partial charge in [-0.2, -0.15) is 0 Å². The number of amides is 1. The maximum Gasteiger partial charge on any atom is 0.329 e.